The molecule has 0 aliphatic carbocycles. The van der Waals surface area contributed by atoms with Crippen molar-refractivity contribution in [2.24, 2.45) is 0 Å². The van der Waals surface area contributed by atoms with Crippen LogP contribution in [0.2, 0.25) is 5.15 Å². The lowest BCUT2D eigenvalue weighted by Gasteiger charge is -2.11. The SMILES string of the molecule is Cc1ccc(Cn2nc(C)c(C(=O)OCC(=O)NC(=O)Nc3cccc(C)c3C)c2Cl)cc1. The number of rotatable bonds is 6. The first-order valence-electron chi connectivity index (χ1n) is 10.3. The van der Waals surface area contributed by atoms with Gasteiger partial charge in [-0.15, -0.1) is 0 Å². The molecular formula is C24H25ClN4O4. The largest absolute Gasteiger partial charge is 0.452 e. The van der Waals surface area contributed by atoms with Gasteiger partial charge in [-0.1, -0.05) is 53.6 Å². The van der Waals surface area contributed by atoms with Gasteiger partial charge in [-0.3, -0.25) is 10.1 Å². The Hall–Kier alpha value is -3.65. The van der Waals surface area contributed by atoms with Crippen LogP contribution < -0.4 is 10.6 Å². The number of hydrogen-bond donors (Lipinski definition) is 2. The third kappa shape index (κ3) is 5.98. The van der Waals surface area contributed by atoms with Crippen molar-refractivity contribution in [3.05, 3.63) is 81.1 Å². The minimum atomic E-state index is -0.794. The lowest BCUT2D eigenvalue weighted by molar-refractivity contribution is -0.123. The van der Waals surface area contributed by atoms with Gasteiger partial charge >= 0.3 is 12.0 Å². The van der Waals surface area contributed by atoms with Gasteiger partial charge in [0.1, 0.15) is 10.7 Å². The fourth-order valence-electron chi connectivity index (χ4n) is 3.16. The van der Waals surface area contributed by atoms with E-state index in [9.17, 15) is 14.4 Å². The quantitative estimate of drug-likeness (QED) is 0.524. The molecule has 172 valence electrons. The summed E-state index contributed by atoms with van der Waals surface area (Å²) in [5.41, 5.74) is 5.04. The van der Waals surface area contributed by atoms with Crippen LogP contribution >= 0.6 is 11.6 Å². The molecule has 8 nitrogen and oxygen atoms in total. The summed E-state index contributed by atoms with van der Waals surface area (Å²) in [4.78, 5) is 36.7. The minimum Gasteiger partial charge on any atom is -0.452 e. The van der Waals surface area contributed by atoms with Crippen molar-refractivity contribution in [3.63, 3.8) is 0 Å². The molecule has 0 aliphatic heterocycles. The van der Waals surface area contributed by atoms with Crippen molar-refractivity contribution in [2.75, 3.05) is 11.9 Å². The maximum Gasteiger partial charge on any atom is 0.343 e. The first-order valence-corrected chi connectivity index (χ1v) is 10.7. The van der Waals surface area contributed by atoms with Crippen LogP contribution in [0, 0.1) is 27.7 Å². The number of ether oxygens (including phenoxy) is 1. The van der Waals surface area contributed by atoms with E-state index in [4.69, 9.17) is 16.3 Å². The van der Waals surface area contributed by atoms with Crippen molar-refractivity contribution in [1.29, 1.82) is 0 Å². The minimum absolute atomic E-state index is 0.0800. The van der Waals surface area contributed by atoms with Crippen LogP contribution in [0.15, 0.2) is 42.5 Å². The summed E-state index contributed by atoms with van der Waals surface area (Å²) < 4.78 is 6.55. The van der Waals surface area contributed by atoms with Gasteiger partial charge in [-0.2, -0.15) is 5.10 Å². The van der Waals surface area contributed by atoms with Gasteiger partial charge in [-0.25, -0.2) is 14.3 Å². The molecule has 0 spiro atoms. The predicted octanol–water partition coefficient (Wildman–Crippen LogP) is 4.32. The Morgan fingerprint density at radius 1 is 1.03 bits per heavy atom. The van der Waals surface area contributed by atoms with E-state index in [0.29, 0.717) is 17.9 Å². The second-order valence-corrected chi connectivity index (χ2v) is 8.08. The monoisotopic (exact) mass is 468 g/mol. The predicted molar refractivity (Wildman–Crippen MR) is 126 cm³/mol. The first-order chi connectivity index (χ1) is 15.7. The highest BCUT2D eigenvalue weighted by molar-refractivity contribution is 6.32. The van der Waals surface area contributed by atoms with E-state index < -0.39 is 24.5 Å². The number of halogens is 1. The number of nitrogens with zero attached hydrogens (tertiary/aromatic N) is 2. The number of amides is 3. The normalized spacial score (nSPS) is 10.6. The molecule has 2 N–H and O–H groups in total. The van der Waals surface area contributed by atoms with Gasteiger partial charge in [0.15, 0.2) is 6.61 Å². The molecule has 2 aromatic carbocycles. The number of urea groups is 1. The van der Waals surface area contributed by atoms with Gasteiger partial charge in [0, 0.05) is 5.69 Å². The van der Waals surface area contributed by atoms with E-state index in [1.54, 1.807) is 19.1 Å². The number of carbonyl (C=O) groups excluding carboxylic acids is 3. The van der Waals surface area contributed by atoms with Crippen LogP contribution in [0.4, 0.5) is 10.5 Å². The Labute approximate surface area is 196 Å². The molecule has 1 aromatic heterocycles. The molecule has 33 heavy (non-hydrogen) atoms. The van der Waals surface area contributed by atoms with Crippen LogP contribution in [-0.2, 0) is 16.1 Å². The van der Waals surface area contributed by atoms with Gasteiger partial charge in [0.05, 0.1) is 12.2 Å². The summed E-state index contributed by atoms with van der Waals surface area (Å²) in [6.45, 7) is 7.14. The summed E-state index contributed by atoms with van der Waals surface area (Å²) in [6.07, 6.45) is 0. The van der Waals surface area contributed by atoms with Gasteiger partial charge in [-0.05, 0) is 50.5 Å². The summed E-state index contributed by atoms with van der Waals surface area (Å²) in [5, 5.41) is 9.16. The molecule has 0 radical (unpaired) electrons. The van der Waals surface area contributed by atoms with Crippen LogP contribution in [0.1, 0.15) is 38.3 Å². The number of aromatic nitrogens is 2. The third-order valence-electron chi connectivity index (χ3n) is 5.16. The second kappa shape index (κ2) is 10.3. The van der Waals surface area contributed by atoms with Crippen LogP contribution in [0.5, 0.6) is 0 Å². The molecular weight excluding hydrogens is 444 g/mol. The second-order valence-electron chi connectivity index (χ2n) is 7.72. The van der Waals surface area contributed by atoms with Crippen LogP contribution in [-0.4, -0.2) is 34.3 Å². The molecule has 0 unspecified atom stereocenters. The van der Waals surface area contributed by atoms with E-state index in [2.05, 4.69) is 15.7 Å². The summed E-state index contributed by atoms with van der Waals surface area (Å²) >= 11 is 6.36. The molecule has 0 saturated carbocycles. The zero-order chi connectivity index (χ0) is 24.1. The van der Waals surface area contributed by atoms with Gasteiger partial charge in [0.2, 0.25) is 0 Å². The van der Waals surface area contributed by atoms with E-state index in [1.807, 2.05) is 51.1 Å². The first kappa shape index (κ1) is 24.0. The van der Waals surface area contributed by atoms with Crippen molar-refractivity contribution < 1.29 is 19.1 Å². The Morgan fingerprint density at radius 3 is 2.42 bits per heavy atom. The molecule has 0 aliphatic rings. The van der Waals surface area contributed by atoms with Crippen molar-refractivity contribution in [1.82, 2.24) is 15.1 Å². The maximum atomic E-state index is 12.5. The standard InChI is InChI=1S/C24H25ClN4O4/c1-14-8-10-18(11-9-14)12-29-22(25)21(17(4)28-29)23(31)33-13-20(30)27-24(32)26-19-7-5-6-15(2)16(19)3/h5-11H,12-13H2,1-4H3,(H2,26,27,30,32). The van der Waals surface area contributed by atoms with E-state index in [0.717, 1.165) is 22.3 Å². The number of imide groups is 1. The highest BCUT2D eigenvalue weighted by Crippen LogP contribution is 2.22. The molecule has 9 heteroatoms. The number of carbonyl (C=O) groups is 3. The number of anilines is 1. The highest BCUT2D eigenvalue weighted by Gasteiger charge is 2.23. The Bertz CT molecular complexity index is 1200. The summed E-state index contributed by atoms with van der Waals surface area (Å²) in [6, 6.07) is 12.6. The van der Waals surface area contributed by atoms with Gasteiger partial charge in [0.25, 0.3) is 5.91 Å². The zero-order valence-corrected chi connectivity index (χ0v) is 19.6. The molecule has 1 heterocycles. The van der Waals surface area contributed by atoms with E-state index >= 15 is 0 Å². The van der Waals surface area contributed by atoms with Crippen LogP contribution in [0.25, 0.3) is 0 Å². The molecule has 0 bridgehead atoms. The number of esters is 1. The fourth-order valence-corrected chi connectivity index (χ4v) is 3.47. The smallest absolute Gasteiger partial charge is 0.343 e. The summed E-state index contributed by atoms with van der Waals surface area (Å²) in [5.74, 6) is -1.57. The average Bonchev–Trinajstić information content (AvgIpc) is 3.04. The van der Waals surface area contributed by atoms with Gasteiger partial charge < -0.3 is 10.1 Å². The molecule has 0 saturated heterocycles. The lowest BCUT2D eigenvalue weighted by Crippen LogP contribution is -2.37. The molecule has 3 amide bonds. The zero-order valence-electron chi connectivity index (χ0n) is 18.9. The molecule has 3 aromatic rings. The fraction of sp³-hybridized carbons (Fsp3) is 0.250. The van der Waals surface area contributed by atoms with Crippen LogP contribution in [0.3, 0.4) is 0 Å². The van der Waals surface area contributed by atoms with E-state index in [-0.39, 0.29) is 10.7 Å². The number of aryl methyl sites for hydroxylation is 3. The number of nitrogens with one attached hydrogen (secondary N) is 2. The Kier molecular flexibility index (Phi) is 7.50. The Balaban J connectivity index is 1.57. The van der Waals surface area contributed by atoms with Crippen molar-refractivity contribution in [2.45, 2.75) is 34.2 Å². The topological polar surface area (TPSA) is 102 Å². The molecule has 0 atom stereocenters. The van der Waals surface area contributed by atoms with Crippen molar-refractivity contribution in [3.8, 4) is 0 Å². The number of hydrogen-bond acceptors (Lipinski definition) is 5. The average molecular weight is 469 g/mol. The maximum absolute atomic E-state index is 12.5. The molecule has 3 rings (SSSR count). The van der Waals surface area contributed by atoms with E-state index in [1.165, 1.54) is 4.68 Å². The number of benzene rings is 2. The third-order valence-corrected chi connectivity index (χ3v) is 5.55. The highest BCUT2D eigenvalue weighted by atomic mass is 35.5. The summed E-state index contributed by atoms with van der Waals surface area (Å²) in [7, 11) is 0. The molecule has 0 fully saturated rings. The van der Waals surface area contributed by atoms with Crippen molar-refractivity contribution >= 4 is 35.2 Å². The Morgan fingerprint density at radius 2 is 1.73 bits per heavy atom. The lowest BCUT2D eigenvalue weighted by atomic mass is 10.1.